The third-order valence-electron chi connectivity index (χ3n) is 9.93. The maximum atomic E-state index is 8.63. The van der Waals surface area contributed by atoms with Crippen LogP contribution in [0.5, 0.6) is 0 Å². The van der Waals surface area contributed by atoms with Crippen LogP contribution in [0.4, 0.5) is 0 Å². The maximum Gasteiger partial charge on any atom is 0 e. The number of imidazole rings is 1. The number of aromatic nitrogens is 3. The van der Waals surface area contributed by atoms with Crippen molar-refractivity contribution in [2.45, 2.75) is 83.9 Å². The van der Waals surface area contributed by atoms with Gasteiger partial charge in [-0.05, 0) is 41.2 Å². The molecule has 0 spiro atoms. The summed E-state index contributed by atoms with van der Waals surface area (Å²) in [5.74, 6) is 7.65. The molecule has 56 heavy (non-hydrogen) atoms. The van der Waals surface area contributed by atoms with Gasteiger partial charge in [-0.1, -0.05) is 87.2 Å². The van der Waals surface area contributed by atoms with Crippen LogP contribution >= 0.6 is 0 Å². The van der Waals surface area contributed by atoms with Crippen LogP contribution in [-0.4, -0.2) is 27.8 Å². The molecule has 1 radical (unpaired) electrons. The molecule has 0 bridgehead atoms. The molecule has 0 atom stereocenters. The Bertz CT molecular complexity index is 2790. The largest absolute Gasteiger partial charge is 0 e. The second-order valence-electron chi connectivity index (χ2n) is 16.2. The number of hydrogen-bond acceptors (Lipinski definition) is 3. The van der Waals surface area contributed by atoms with Crippen molar-refractivity contribution in [2.75, 3.05) is 0 Å². The van der Waals surface area contributed by atoms with Crippen molar-refractivity contribution in [3.05, 3.63) is 144 Å². The van der Waals surface area contributed by atoms with E-state index >= 15 is 0 Å². The van der Waals surface area contributed by atoms with Gasteiger partial charge in [0.25, 0.3) is 0 Å². The van der Waals surface area contributed by atoms with Gasteiger partial charge in [-0.25, -0.2) is 0 Å². The van der Waals surface area contributed by atoms with Crippen LogP contribution in [-0.2, 0) is 26.5 Å². The molecule has 8 rings (SSSR count). The SMILES string of the molecule is CC(C)c1cccc(C(C)C)c1-n1c(-c2[c-]ccc3c2oc2ccccc23)nc2ccccc21.[2H]C([2H])([2H])c1nc(-c2[c-]cccc2)c(C([2H])([2H])C(C)C)c[c]1[Ge]([CH3])([CH3])[CH3].[Ir]. The predicted molar refractivity (Wildman–Crippen MR) is 236 cm³/mol. The molecule has 4 nitrogen and oxygen atoms in total. The summed E-state index contributed by atoms with van der Waals surface area (Å²) in [5.41, 5.74) is 10.1. The molecular weight excluding hydrogens is 923 g/mol. The Morgan fingerprint density at radius 3 is 2.12 bits per heavy atom. The van der Waals surface area contributed by atoms with Gasteiger partial charge in [0.15, 0.2) is 0 Å². The summed E-state index contributed by atoms with van der Waals surface area (Å²) in [6.45, 7) is 10.4. The van der Waals surface area contributed by atoms with E-state index in [1.54, 1.807) is 18.2 Å². The molecule has 0 saturated carbocycles. The van der Waals surface area contributed by atoms with Gasteiger partial charge in [0, 0.05) is 31.2 Å². The molecule has 8 aromatic rings. The summed E-state index contributed by atoms with van der Waals surface area (Å²) < 4.78 is 50.6. The molecule has 0 aliphatic heterocycles. The molecule has 5 aromatic carbocycles. The van der Waals surface area contributed by atoms with E-state index in [2.05, 4.69) is 121 Å². The number of fused-ring (bicyclic) bond motifs is 4. The zero-order chi connectivity index (χ0) is 43.3. The van der Waals surface area contributed by atoms with E-state index in [0.29, 0.717) is 28.7 Å². The Morgan fingerprint density at radius 2 is 1.46 bits per heavy atom. The van der Waals surface area contributed by atoms with E-state index in [0.717, 1.165) is 48.8 Å². The third-order valence-corrected chi connectivity index (χ3v) is 14.1. The smallest absolute Gasteiger partial charge is 0 e. The third kappa shape index (κ3) is 8.23. The average molecular weight is 982 g/mol. The zero-order valence-electron chi connectivity index (χ0n) is 38.7. The first-order valence-electron chi connectivity index (χ1n) is 21.8. The van der Waals surface area contributed by atoms with Crippen LogP contribution in [0.3, 0.4) is 0 Å². The number of nitrogens with zero attached hydrogens (tertiary/aromatic N) is 3. The van der Waals surface area contributed by atoms with Crippen molar-refractivity contribution in [3.63, 3.8) is 0 Å². The summed E-state index contributed by atoms with van der Waals surface area (Å²) in [6.07, 6.45) is -1.62. The number of benzene rings is 5. The molecule has 289 valence electrons. The Hall–Kier alpha value is -4.29. The van der Waals surface area contributed by atoms with Crippen molar-refractivity contribution < 1.29 is 31.4 Å². The van der Waals surface area contributed by atoms with Gasteiger partial charge in [0.2, 0.25) is 0 Å². The predicted octanol–water partition coefficient (Wildman–Crippen LogP) is 13.2. The molecule has 0 aliphatic carbocycles. The van der Waals surface area contributed by atoms with E-state index in [9.17, 15) is 0 Å². The monoisotopic (exact) mass is 983 g/mol. The summed E-state index contributed by atoms with van der Waals surface area (Å²) in [5, 5.41) is 2.20. The second-order valence-corrected chi connectivity index (χ2v) is 26.7. The second kappa shape index (κ2) is 17.1. The number of hydrogen-bond donors (Lipinski definition) is 0. The van der Waals surface area contributed by atoms with Crippen molar-refractivity contribution in [1.29, 1.82) is 0 Å². The summed E-state index contributed by atoms with van der Waals surface area (Å²) in [6, 6.07) is 42.8. The van der Waals surface area contributed by atoms with Crippen LogP contribution in [0.2, 0.25) is 17.3 Å². The summed E-state index contributed by atoms with van der Waals surface area (Å²) in [7, 11) is 0. The van der Waals surface area contributed by atoms with Crippen LogP contribution < -0.4 is 4.40 Å². The van der Waals surface area contributed by atoms with Crippen molar-refractivity contribution >= 4 is 50.6 Å². The minimum Gasteiger partial charge on any atom is 0 e. The molecule has 6 heteroatoms. The molecule has 0 fully saturated rings. The number of furan rings is 1. The Balaban J connectivity index is 0.000000209. The van der Waals surface area contributed by atoms with E-state index < -0.39 is 26.5 Å². The molecule has 0 N–H and O–H groups in total. The zero-order valence-corrected chi connectivity index (χ0v) is 38.2. The molecule has 3 aromatic heterocycles. The van der Waals surface area contributed by atoms with Crippen LogP contribution in [0.15, 0.2) is 114 Å². The minimum atomic E-state index is -2.61. The molecule has 0 aliphatic rings. The van der Waals surface area contributed by atoms with Crippen molar-refractivity contribution in [3.8, 4) is 28.3 Å². The van der Waals surface area contributed by atoms with Crippen LogP contribution in [0, 0.1) is 24.9 Å². The number of pyridine rings is 1. The van der Waals surface area contributed by atoms with Gasteiger partial charge in [-0.3, -0.25) is 4.98 Å². The van der Waals surface area contributed by atoms with E-state index in [1.807, 2.05) is 50.2 Å². The fourth-order valence-corrected chi connectivity index (χ4v) is 10.1. The topological polar surface area (TPSA) is 43.9 Å². The fourth-order valence-electron chi connectivity index (χ4n) is 7.30. The first-order valence-corrected chi connectivity index (χ1v) is 26.6. The Morgan fingerprint density at radius 1 is 0.768 bits per heavy atom. The van der Waals surface area contributed by atoms with Gasteiger partial charge in [-0.15, -0.1) is 18.2 Å². The van der Waals surface area contributed by atoms with E-state index in [-0.39, 0.29) is 31.7 Å². The van der Waals surface area contributed by atoms with E-state index in [1.165, 1.54) is 16.8 Å². The normalized spacial score (nSPS) is 13.6. The number of rotatable bonds is 8. The fraction of sp³-hybridized carbons (Fsp3) is 0.280. The minimum absolute atomic E-state index is 0. The van der Waals surface area contributed by atoms with Gasteiger partial charge in [0.1, 0.15) is 5.58 Å². The number of aryl methyl sites for hydroxylation is 1. The first kappa shape index (κ1) is 34.9. The van der Waals surface area contributed by atoms with Crippen LogP contribution in [0.25, 0.3) is 61.3 Å². The Labute approximate surface area is 356 Å². The Kier molecular flexibility index (Phi) is 10.6. The van der Waals surface area contributed by atoms with Gasteiger partial charge in [-0.2, -0.15) is 0 Å². The average Bonchev–Trinajstić information content (AvgIpc) is 3.78. The number of para-hydroxylation sites is 4. The molecule has 0 unspecified atom stereocenters. The van der Waals surface area contributed by atoms with Crippen molar-refractivity contribution in [1.82, 2.24) is 14.5 Å². The quantitative estimate of drug-likeness (QED) is 0.113. The maximum absolute atomic E-state index is 8.63. The van der Waals surface area contributed by atoms with Gasteiger partial charge < -0.3 is 8.98 Å². The molecule has 0 saturated heterocycles. The summed E-state index contributed by atoms with van der Waals surface area (Å²) >= 11 is -2.61. The van der Waals surface area contributed by atoms with Gasteiger partial charge in [0.05, 0.1) is 22.4 Å². The van der Waals surface area contributed by atoms with E-state index in [4.69, 9.17) is 16.3 Å². The van der Waals surface area contributed by atoms with Crippen LogP contribution in [0.1, 0.15) is 82.6 Å². The molecular formula is C50H53GeIrN3O-2. The standard InChI is InChI=1S/C31H27N2O.C19H26GeN.Ir/c1-19(2)21-12-9-13-22(20(3)4)29(21)33-27-17-7-6-16-26(27)32-31(33)25-15-10-14-24-23-11-5-8-18-28(23)34-30(24)25;1-14(2)12-17-13-18(20(4,5)6)15(3)21-19(17)16-10-8-7-9-11-16;/h5-14,16-20H,1-4H3;7-10,13-14H,12H2,1-6H3;/q2*-1;/i;3D3,12D2;. The van der Waals surface area contributed by atoms with Gasteiger partial charge >= 0.3 is 139 Å². The molecule has 3 heterocycles. The summed E-state index contributed by atoms with van der Waals surface area (Å²) in [4.78, 5) is 9.69. The van der Waals surface area contributed by atoms with Crippen molar-refractivity contribution in [2.24, 2.45) is 5.92 Å². The first-order chi connectivity index (χ1) is 28.3. The molecule has 0 amide bonds.